The molecule has 1 aromatic rings. The fraction of sp³-hybridized carbons (Fsp3) is 0.714. The van der Waals surface area contributed by atoms with E-state index in [2.05, 4.69) is 54.6 Å². The van der Waals surface area contributed by atoms with Crippen LogP contribution in [0.2, 0.25) is 0 Å². The average molecular weight is 282 g/mol. The largest absolute Gasteiger partial charge is 0.370 e. The highest BCUT2D eigenvalue weighted by Crippen LogP contribution is 2.31. The molecular weight excluding hydrogens is 256 g/mol. The number of hydrogen-bond acceptors (Lipinski definition) is 5. The van der Waals surface area contributed by atoms with Gasteiger partial charge in [-0.1, -0.05) is 13.8 Å². The zero-order chi connectivity index (χ0) is 14.3. The highest BCUT2D eigenvalue weighted by atomic mass is 32.2. The maximum absolute atomic E-state index is 4.36. The lowest BCUT2D eigenvalue weighted by molar-refractivity contribution is 0.573. The maximum atomic E-state index is 4.36. The van der Waals surface area contributed by atoms with Crippen molar-refractivity contribution >= 4 is 23.4 Å². The zero-order valence-electron chi connectivity index (χ0n) is 12.7. The average Bonchev–Trinajstić information content (AvgIpc) is 2.45. The smallest absolute Gasteiger partial charge is 0.134 e. The molecule has 0 fully saturated rings. The van der Waals surface area contributed by atoms with Crippen LogP contribution in [0.15, 0.2) is 6.33 Å². The van der Waals surface area contributed by atoms with Gasteiger partial charge in [0.2, 0.25) is 0 Å². The first kappa shape index (κ1) is 16.1. The summed E-state index contributed by atoms with van der Waals surface area (Å²) in [6.45, 7) is 10.4. The molecule has 0 saturated heterocycles. The molecule has 0 aliphatic rings. The lowest BCUT2D eigenvalue weighted by Gasteiger charge is -2.30. The lowest BCUT2D eigenvalue weighted by atomic mass is 10.0. The van der Waals surface area contributed by atoms with Gasteiger partial charge in [0.05, 0.1) is 0 Å². The van der Waals surface area contributed by atoms with E-state index in [9.17, 15) is 0 Å². The van der Waals surface area contributed by atoms with Gasteiger partial charge in [-0.2, -0.15) is 11.8 Å². The Labute approximate surface area is 121 Å². The molecule has 0 amide bonds. The van der Waals surface area contributed by atoms with Crippen LogP contribution in [-0.4, -0.2) is 34.1 Å². The van der Waals surface area contributed by atoms with E-state index in [1.807, 2.05) is 11.8 Å². The number of nitrogens with one attached hydrogen (secondary N) is 2. The molecule has 0 aromatic carbocycles. The summed E-state index contributed by atoms with van der Waals surface area (Å²) >= 11 is 1.94. The summed E-state index contributed by atoms with van der Waals surface area (Å²) in [7, 11) is 0. The Morgan fingerprint density at radius 3 is 2.16 bits per heavy atom. The van der Waals surface area contributed by atoms with Crippen LogP contribution in [0.3, 0.4) is 0 Å². The van der Waals surface area contributed by atoms with Gasteiger partial charge in [-0.15, -0.1) is 0 Å². The fourth-order valence-corrected chi connectivity index (χ4v) is 2.87. The summed E-state index contributed by atoms with van der Waals surface area (Å²) in [4.78, 5) is 8.62. The van der Waals surface area contributed by atoms with Gasteiger partial charge in [0.25, 0.3) is 0 Å². The Morgan fingerprint density at radius 2 is 1.68 bits per heavy atom. The zero-order valence-corrected chi connectivity index (χ0v) is 13.5. The number of thioether (sulfide) groups is 1. The topological polar surface area (TPSA) is 49.8 Å². The van der Waals surface area contributed by atoms with Crippen molar-refractivity contribution in [3.63, 3.8) is 0 Å². The van der Waals surface area contributed by atoms with Gasteiger partial charge in [-0.25, -0.2) is 9.97 Å². The van der Waals surface area contributed by atoms with Crippen molar-refractivity contribution < 1.29 is 0 Å². The number of rotatable bonds is 8. The van der Waals surface area contributed by atoms with Crippen molar-refractivity contribution in [3.05, 3.63) is 11.9 Å². The van der Waals surface area contributed by atoms with Crippen LogP contribution < -0.4 is 10.6 Å². The van der Waals surface area contributed by atoms with E-state index in [0.29, 0.717) is 0 Å². The minimum Gasteiger partial charge on any atom is -0.370 e. The quantitative estimate of drug-likeness (QED) is 0.763. The molecule has 0 saturated carbocycles. The molecule has 1 rings (SSSR count). The first-order valence-electron chi connectivity index (χ1n) is 6.97. The summed E-state index contributed by atoms with van der Waals surface area (Å²) in [6, 6.07) is 0. The first-order chi connectivity index (χ1) is 9.12. The van der Waals surface area contributed by atoms with E-state index in [-0.39, 0.29) is 4.75 Å². The molecule has 1 heterocycles. The Morgan fingerprint density at radius 1 is 1.11 bits per heavy atom. The predicted molar refractivity (Wildman–Crippen MR) is 86.3 cm³/mol. The normalized spacial score (nSPS) is 11.4. The van der Waals surface area contributed by atoms with Crippen LogP contribution in [0.4, 0.5) is 11.6 Å². The second-order valence-electron chi connectivity index (χ2n) is 4.67. The van der Waals surface area contributed by atoms with E-state index < -0.39 is 0 Å². The highest BCUT2D eigenvalue weighted by Gasteiger charge is 2.25. The van der Waals surface area contributed by atoms with E-state index in [4.69, 9.17) is 0 Å². The van der Waals surface area contributed by atoms with Crippen molar-refractivity contribution in [1.29, 1.82) is 0 Å². The molecule has 19 heavy (non-hydrogen) atoms. The van der Waals surface area contributed by atoms with E-state index in [1.54, 1.807) is 6.33 Å². The van der Waals surface area contributed by atoms with Gasteiger partial charge in [0.1, 0.15) is 18.0 Å². The monoisotopic (exact) mass is 282 g/mol. The SMILES string of the molecule is CCNc1ncnc(NCC(CC)(CC)SC)c1C. The van der Waals surface area contributed by atoms with Gasteiger partial charge in [0, 0.05) is 23.4 Å². The molecule has 0 aliphatic carbocycles. The highest BCUT2D eigenvalue weighted by molar-refractivity contribution is 8.00. The number of nitrogens with zero attached hydrogens (tertiary/aromatic N) is 2. The van der Waals surface area contributed by atoms with E-state index >= 15 is 0 Å². The van der Waals surface area contributed by atoms with Crippen LogP contribution in [-0.2, 0) is 0 Å². The molecule has 4 nitrogen and oxygen atoms in total. The molecule has 2 N–H and O–H groups in total. The standard InChI is InChI=1S/C14H26N4S/c1-6-14(7-2,19-5)9-16-13-11(4)12(15-8-3)17-10-18-13/h10H,6-9H2,1-5H3,(H2,15,16,17,18). The summed E-state index contributed by atoms with van der Waals surface area (Å²) in [5, 5.41) is 6.75. The van der Waals surface area contributed by atoms with Crippen LogP contribution in [0.1, 0.15) is 39.2 Å². The molecule has 0 unspecified atom stereocenters. The molecule has 0 spiro atoms. The second kappa shape index (κ2) is 7.58. The first-order valence-corrected chi connectivity index (χ1v) is 8.19. The van der Waals surface area contributed by atoms with Crippen LogP contribution in [0.5, 0.6) is 0 Å². The van der Waals surface area contributed by atoms with Gasteiger partial charge >= 0.3 is 0 Å². The van der Waals surface area contributed by atoms with Crippen LogP contribution in [0.25, 0.3) is 0 Å². The van der Waals surface area contributed by atoms with E-state index in [1.165, 1.54) is 0 Å². The van der Waals surface area contributed by atoms with Gasteiger partial charge in [-0.05, 0) is 32.9 Å². The van der Waals surface area contributed by atoms with Gasteiger partial charge < -0.3 is 10.6 Å². The number of hydrogen-bond donors (Lipinski definition) is 2. The summed E-state index contributed by atoms with van der Waals surface area (Å²) in [6.07, 6.45) is 6.11. The van der Waals surface area contributed by atoms with Crippen molar-refractivity contribution in [2.24, 2.45) is 0 Å². The molecule has 0 aliphatic heterocycles. The number of aromatic nitrogens is 2. The van der Waals surface area contributed by atoms with Crippen molar-refractivity contribution in [2.75, 3.05) is 30.0 Å². The second-order valence-corrected chi connectivity index (χ2v) is 5.95. The molecule has 5 heteroatoms. The molecule has 0 radical (unpaired) electrons. The summed E-state index contributed by atoms with van der Waals surface area (Å²) < 4.78 is 0.287. The molecule has 1 aromatic heterocycles. The fourth-order valence-electron chi connectivity index (χ4n) is 2.08. The Bertz CT molecular complexity index is 383. The third kappa shape index (κ3) is 4.00. The Hall–Kier alpha value is -0.970. The molecule has 0 bridgehead atoms. The van der Waals surface area contributed by atoms with Crippen molar-refractivity contribution in [3.8, 4) is 0 Å². The lowest BCUT2D eigenvalue weighted by Crippen LogP contribution is -2.32. The molecular formula is C14H26N4S. The number of anilines is 2. The van der Waals surface area contributed by atoms with Crippen molar-refractivity contribution in [2.45, 2.75) is 45.3 Å². The van der Waals surface area contributed by atoms with Crippen LogP contribution in [0, 0.1) is 6.92 Å². The molecule has 0 atom stereocenters. The van der Waals surface area contributed by atoms with Gasteiger partial charge in [-0.3, -0.25) is 0 Å². The maximum Gasteiger partial charge on any atom is 0.134 e. The summed E-state index contributed by atoms with van der Waals surface area (Å²) in [5.41, 5.74) is 1.09. The summed E-state index contributed by atoms with van der Waals surface area (Å²) in [5.74, 6) is 1.86. The Balaban J connectivity index is 2.80. The van der Waals surface area contributed by atoms with Crippen molar-refractivity contribution in [1.82, 2.24) is 9.97 Å². The predicted octanol–water partition coefficient (Wildman–Crippen LogP) is 3.55. The Kier molecular flexibility index (Phi) is 6.42. The minimum atomic E-state index is 0.287. The van der Waals surface area contributed by atoms with E-state index in [0.717, 1.165) is 43.1 Å². The minimum absolute atomic E-state index is 0.287. The molecule has 108 valence electrons. The van der Waals surface area contributed by atoms with Gasteiger partial charge in [0.15, 0.2) is 0 Å². The van der Waals surface area contributed by atoms with Crippen LogP contribution >= 0.6 is 11.8 Å². The third-order valence-corrected chi connectivity index (χ3v) is 5.32. The third-order valence-electron chi connectivity index (χ3n) is 3.73.